The summed E-state index contributed by atoms with van der Waals surface area (Å²) in [4.78, 5) is 17.7. The topological polar surface area (TPSA) is 66.3 Å². The second-order valence-electron chi connectivity index (χ2n) is 8.22. The van der Waals surface area contributed by atoms with Gasteiger partial charge in [-0.1, -0.05) is 27.2 Å². The molecule has 0 bridgehead atoms. The van der Waals surface area contributed by atoms with Crippen LogP contribution in [0.4, 0.5) is 0 Å². The summed E-state index contributed by atoms with van der Waals surface area (Å²) < 4.78 is 22.0. The van der Waals surface area contributed by atoms with Gasteiger partial charge in [-0.05, 0) is 42.9 Å². The SMILES string of the molecule is CCCC(C)(C)CC1=NC[C@H](c2cc(OC)c3c(c2)OCO3)C1C(=O)OCC. The summed E-state index contributed by atoms with van der Waals surface area (Å²) in [6, 6.07) is 3.87. The molecule has 0 saturated heterocycles. The van der Waals surface area contributed by atoms with Crippen LogP contribution >= 0.6 is 0 Å². The fourth-order valence-corrected chi connectivity index (χ4v) is 4.27. The summed E-state index contributed by atoms with van der Waals surface area (Å²) in [6.07, 6.45) is 2.99. The zero-order chi connectivity index (χ0) is 20.3. The number of ether oxygens (including phenoxy) is 4. The van der Waals surface area contributed by atoms with Gasteiger partial charge in [0.15, 0.2) is 11.5 Å². The van der Waals surface area contributed by atoms with Gasteiger partial charge in [-0.3, -0.25) is 9.79 Å². The maximum Gasteiger partial charge on any atom is 0.315 e. The molecule has 1 aromatic carbocycles. The van der Waals surface area contributed by atoms with Crippen molar-refractivity contribution in [3.8, 4) is 17.2 Å². The van der Waals surface area contributed by atoms with Crippen molar-refractivity contribution in [2.24, 2.45) is 16.3 Å². The molecule has 6 nitrogen and oxygen atoms in total. The summed E-state index contributed by atoms with van der Waals surface area (Å²) >= 11 is 0. The summed E-state index contributed by atoms with van der Waals surface area (Å²) in [5, 5.41) is 0. The Labute approximate surface area is 167 Å². The van der Waals surface area contributed by atoms with Gasteiger partial charge in [0, 0.05) is 18.2 Å². The molecule has 0 aromatic heterocycles. The van der Waals surface area contributed by atoms with Crippen molar-refractivity contribution in [2.45, 2.75) is 52.9 Å². The number of hydrogen-bond acceptors (Lipinski definition) is 6. The number of fused-ring (bicyclic) bond motifs is 1. The van der Waals surface area contributed by atoms with Gasteiger partial charge in [0.25, 0.3) is 0 Å². The summed E-state index contributed by atoms with van der Waals surface area (Å²) in [7, 11) is 1.60. The van der Waals surface area contributed by atoms with Crippen molar-refractivity contribution >= 4 is 11.7 Å². The van der Waals surface area contributed by atoms with Gasteiger partial charge in [-0.15, -0.1) is 0 Å². The van der Waals surface area contributed by atoms with Crippen LogP contribution in [0.5, 0.6) is 17.2 Å². The van der Waals surface area contributed by atoms with Gasteiger partial charge in [-0.2, -0.15) is 0 Å². The van der Waals surface area contributed by atoms with Gasteiger partial charge in [-0.25, -0.2) is 0 Å². The predicted octanol–water partition coefficient (Wildman–Crippen LogP) is 4.36. The number of rotatable bonds is 8. The molecule has 154 valence electrons. The van der Waals surface area contributed by atoms with Crippen molar-refractivity contribution in [1.29, 1.82) is 0 Å². The first-order chi connectivity index (χ1) is 13.4. The third-order valence-electron chi connectivity index (χ3n) is 5.49. The van der Waals surface area contributed by atoms with E-state index in [2.05, 4.69) is 20.8 Å². The minimum absolute atomic E-state index is 0.0881. The molecule has 2 aliphatic heterocycles. The van der Waals surface area contributed by atoms with Crippen LogP contribution < -0.4 is 14.2 Å². The van der Waals surface area contributed by atoms with E-state index in [9.17, 15) is 4.79 Å². The second-order valence-corrected chi connectivity index (χ2v) is 8.22. The molecule has 1 unspecified atom stereocenters. The van der Waals surface area contributed by atoms with E-state index in [4.69, 9.17) is 23.9 Å². The van der Waals surface area contributed by atoms with Crippen LogP contribution in [0.3, 0.4) is 0 Å². The molecule has 0 aliphatic carbocycles. The van der Waals surface area contributed by atoms with Crippen molar-refractivity contribution in [3.63, 3.8) is 0 Å². The highest BCUT2D eigenvalue weighted by Gasteiger charge is 2.41. The smallest absolute Gasteiger partial charge is 0.315 e. The fraction of sp³-hybridized carbons (Fsp3) is 0.636. The minimum Gasteiger partial charge on any atom is -0.493 e. The summed E-state index contributed by atoms with van der Waals surface area (Å²) in [5.41, 5.74) is 2.00. The van der Waals surface area contributed by atoms with Crippen LogP contribution in [0.25, 0.3) is 0 Å². The van der Waals surface area contributed by atoms with Crippen molar-refractivity contribution in [1.82, 2.24) is 0 Å². The summed E-state index contributed by atoms with van der Waals surface area (Å²) in [6.45, 7) is 9.58. The molecule has 3 rings (SSSR count). The largest absolute Gasteiger partial charge is 0.493 e. The number of carbonyl (C=O) groups excluding carboxylic acids is 1. The second kappa shape index (κ2) is 8.41. The molecule has 6 heteroatoms. The van der Waals surface area contributed by atoms with Gasteiger partial charge in [0.1, 0.15) is 5.92 Å². The van der Waals surface area contributed by atoms with E-state index < -0.39 is 0 Å². The number of esters is 1. The van der Waals surface area contributed by atoms with Crippen LogP contribution in [-0.2, 0) is 9.53 Å². The normalized spacial score (nSPS) is 20.8. The Morgan fingerprint density at radius 3 is 2.75 bits per heavy atom. The molecule has 2 heterocycles. The molecular formula is C22H31NO5. The third-order valence-corrected chi connectivity index (χ3v) is 5.49. The van der Waals surface area contributed by atoms with E-state index in [1.165, 1.54) is 0 Å². The maximum atomic E-state index is 12.9. The quantitative estimate of drug-likeness (QED) is 0.618. The molecule has 0 radical (unpaired) electrons. The lowest BCUT2D eigenvalue weighted by Gasteiger charge is -2.27. The van der Waals surface area contributed by atoms with Gasteiger partial charge in [0.2, 0.25) is 12.5 Å². The van der Waals surface area contributed by atoms with Crippen molar-refractivity contribution in [3.05, 3.63) is 17.7 Å². The first-order valence-electron chi connectivity index (χ1n) is 10.1. The number of nitrogens with zero attached hydrogens (tertiary/aromatic N) is 1. The van der Waals surface area contributed by atoms with Crippen LogP contribution in [0.2, 0.25) is 0 Å². The fourth-order valence-electron chi connectivity index (χ4n) is 4.27. The van der Waals surface area contributed by atoms with Crippen LogP contribution in [-0.4, -0.2) is 38.7 Å². The molecule has 0 N–H and O–H groups in total. The molecular weight excluding hydrogens is 358 g/mol. The zero-order valence-electron chi connectivity index (χ0n) is 17.5. The van der Waals surface area contributed by atoms with Gasteiger partial charge in [0.05, 0.1) is 13.7 Å². The Balaban J connectivity index is 1.92. The number of methoxy groups -OCH3 is 1. The maximum absolute atomic E-state index is 12.9. The first kappa shape index (κ1) is 20.5. The number of aliphatic imine (C=N–C) groups is 1. The molecule has 2 aliphatic rings. The number of carbonyl (C=O) groups is 1. The Morgan fingerprint density at radius 2 is 2.07 bits per heavy atom. The van der Waals surface area contributed by atoms with E-state index in [-0.39, 0.29) is 30.0 Å². The lowest BCUT2D eigenvalue weighted by Crippen LogP contribution is -2.31. The van der Waals surface area contributed by atoms with E-state index in [1.54, 1.807) is 7.11 Å². The Hall–Kier alpha value is -2.24. The van der Waals surface area contributed by atoms with E-state index in [1.807, 2.05) is 19.1 Å². The van der Waals surface area contributed by atoms with Gasteiger partial charge < -0.3 is 18.9 Å². The highest BCUT2D eigenvalue weighted by atomic mass is 16.7. The van der Waals surface area contributed by atoms with Crippen LogP contribution in [0.15, 0.2) is 17.1 Å². The number of hydrogen-bond donors (Lipinski definition) is 0. The standard InChI is InChI=1S/C22H31NO5/c1-6-8-22(3,4)11-16-19(21(24)26-7-2)15(12-23-16)14-9-17(25-5)20-18(10-14)27-13-28-20/h9-10,15,19H,6-8,11-13H2,1-5H3/t15-,19?/m1/s1. The first-order valence-corrected chi connectivity index (χ1v) is 10.1. The van der Waals surface area contributed by atoms with Crippen LogP contribution in [0.1, 0.15) is 58.4 Å². The Bertz CT molecular complexity index is 756. The van der Waals surface area contributed by atoms with Crippen molar-refractivity contribution in [2.75, 3.05) is 27.1 Å². The molecule has 0 amide bonds. The molecule has 0 spiro atoms. The lowest BCUT2D eigenvalue weighted by atomic mass is 9.77. The molecule has 1 aromatic rings. The minimum atomic E-state index is -0.374. The third kappa shape index (κ3) is 4.10. The molecule has 28 heavy (non-hydrogen) atoms. The van der Waals surface area contributed by atoms with Crippen molar-refractivity contribution < 1.29 is 23.7 Å². The zero-order valence-corrected chi connectivity index (χ0v) is 17.5. The monoisotopic (exact) mass is 389 g/mol. The average Bonchev–Trinajstić information content (AvgIpc) is 3.27. The highest BCUT2D eigenvalue weighted by Crippen LogP contribution is 2.46. The number of benzene rings is 1. The molecule has 0 fully saturated rings. The van der Waals surface area contributed by atoms with E-state index in [0.29, 0.717) is 30.4 Å². The van der Waals surface area contributed by atoms with Crippen LogP contribution in [0, 0.1) is 11.3 Å². The van der Waals surface area contributed by atoms with Gasteiger partial charge >= 0.3 is 5.97 Å². The highest BCUT2D eigenvalue weighted by molar-refractivity contribution is 6.05. The Kier molecular flexibility index (Phi) is 6.16. The lowest BCUT2D eigenvalue weighted by molar-refractivity contribution is -0.146. The summed E-state index contributed by atoms with van der Waals surface area (Å²) in [5.74, 6) is 1.22. The van der Waals surface area contributed by atoms with E-state index in [0.717, 1.165) is 30.5 Å². The van der Waals surface area contributed by atoms with E-state index >= 15 is 0 Å². The molecule has 2 atom stereocenters. The Morgan fingerprint density at radius 1 is 1.29 bits per heavy atom. The predicted molar refractivity (Wildman–Crippen MR) is 108 cm³/mol. The molecule has 0 saturated carbocycles. The average molecular weight is 389 g/mol.